The summed E-state index contributed by atoms with van der Waals surface area (Å²) in [4.78, 5) is 17.1. The number of fused-ring (bicyclic) bond motifs is 3. The van der Waals surface area contributed by atoms with E-state index in [0.717, 1.165) is 61.2 Å². The minimum atomic E-state index is -2.82. The van der Waals surface area contributed by atoms with Crippen LogP contribution in [0.4, 0.5) is 14.6 Å². The van der Waals surface area contributed by atoms with Crippen LogP contribution in [0.25, 0.3) is 10.2 Å². The Balaban J connectivity index is 1.46. The van der Waals surface area contributed by atoms with Crippen molar-refractivity contribution in [3.63, 3.8) is 0 Å². The number of anilines is 1. The summed E-state index contributed by atoms with van der Waals surface area (Å²) in [5.41, 5.74) is 2.40. The Morgan fingerprint density at radius 3 is 2.71 bits per heavy atom. The maximum atomic E-state index is 12.5. The quantitative estimate of drug-likeness (QED) is 0.472. The van der Waals surface area contributed by atoms with Gasteiger partial charge >= 0.3 is 6.61 Å². The molecule has 0 radical (unpaired) electrons. The van der Waals surface area contributed by atoms with Gasteiger partial charge in [0.1, 0.15) is 22.2 Å². The molecule has 1 saturated heterocycles. The number of hydrogen-bond donors (Lipinski definition) is 0. The van der Waals surface area contributed by atoms with E-state index >= 15 is 0 Å². The van der Waals surface area contributed by atoms with E-state index in [2.05, 4.69) is 21.5 Å². The van der Waals surface area contributed by atoms with Crippen molar-refractivity contribution in [2.75, 3.05) is 38.3 Å². The average molecular weight is 489 g/mol. The molecule has 1 atom stereocenters. The first-order valence-corrected chi connectivity index (χ1v) is 12.6. The second-order valence-electron chi connectivity index (χ2n) is 9.26. The van der Waals surface area contributed by atoms with Crippen LogP contribution in [0.5, 0.6) is 5.75 Å². The van der Waals surface area contributed by atoms with Gasteiger partial charge in [-0.15, -0.1) is 11.3 Å². The summed E-state index contributed by atoms with van der Waals surface area (Å²) in [7, 11) is 2.04. The van der Waals surface area contributed by atoms with Gasteiger partial charge in [-0.3, -0.25) is 4.90 Å². The standard InChI is InChI=1S/C25H30F2N4O2S/c1-16-3-8-19-20(13-16)34-24-22(19)23(28-21(29-24)15-31-9-11-32-12-10-31)30(2)14-17-4-6-18(7-5-17)33-25(26)27/h4-7,16,25H,3,8-15H2,1-2H3/t16-/m1/s1. The van der Waals surface area contributed by atoms with Crippen LogP contribution < -0.4 is 9.64 Å². The zero-order valence-corrected chi connectivity index (χ0v) is 20.4. The van der Waals surface area contributed by atoms with Crippen LogP contribution in [-0.2, 0) is 30.7 Å². The maximum Gasteiger partial charge on any atom is 0.387 e. The van der Waals surface area contributed by atoms with Gasteiger partial charge in [-0.25, -0.2) is 9.97 Å². The molecule has 1 fully saturated rings. The number of rotatable bonds is 7. The van der Waals surface area contributed by atoms with Gasteiger partial charge in [-0.1, -0.05) is 19.1 Å². The molecule has 0 spiro atoms. The molecule has 0 saturated carbocycles. The molecule has 9 heteroatoms. The van der Waals surface area contributed by atoms with E-state index in [0.29, 0.717) is 19.0 Å². The van der Waals surface area contributed by atoms with Gasteiger partial charge in [0, 0.05) is 31.6 Å². The Morgan fingerprint density at radius 2 is 1.97 bits per heavy atom. The van der Waals surface area contributed by atoms with E-state index in [-0.39, 0.29) is 5.75 Å². The van der Waals surface area contributed by atoms with Crippen LogP contribution in [0.15, 0.2) is 24.3 Å². The van der Waals surface area contributed by atoms with Crippen molar-refractivity contribution in [2.24, 2.45) is 5.92 Å². The number of benzene rings is 1. The molecule has 0 unspecified atom stereocenters. The topological polar surface area (TPSA) is 50.7 Å². The van der Waals surface area contributed by atoms with Gasteiger partial charge in [0.05, 0.1) is 25.1 Å². The van der Waals surface area contributed by atoms with Gasteiger partial charge in [0.15, 0.2) is 0 Å². The maximum absolute atomic E-state index is 12.5. The highest BCUT2D eigenvalue weighted by molar-refractivity contribution is 7.19. The normalized spacial score (nSPS) is 18.9. The number of thiophene rings is 1. The number of aryl methyl sites for hydroxylation is 1. The highest BCUT2D eigenvalue weighted by atomic mass is 32.1. The Hall–Kier alpha value is -2.36. The first kappa shape index (κ1) is 23.4. The first-order chi connectivity index (χ1) is 16.5. The van der Waals surface area contributed by atoms with Crippen LogP contribution in [0, 0.1) is 5.92 Å². The molecule has 1 aliphatic heterocycles. The lowest BCUT2D eigenvalue weighted by atomic mass is 9.89. The molecule has 2 aliphatic rings. The zero-order valence-electron chi connectivity index (χ0n) is 19.6. The summed E-state index contributed by atoms with van der Waals surface area (Å²) in [6.45, 7) is 4.07. The predicted octanol–water partition coefficient (Wildman–Crippen LogP) is 4.89. The van der Waals surface area contributed by atoms with E-state index in [9.17, 15) is 8.78 Å². The molecular weight excluding hydrogens is 458 g/mol. The summed E-state index contributed by atoms with van der Waals surface area (Å²) < 4.78 is 34.9. The van der Waals surface area contributed by atoms with Crippen LogP contribution in [0.2, 0.25) is 0 Å². The number of ether oxygens (including phenoxy) is 2. The number of hydrogen-bond acceptors (Lipinski definition) is 7. The van der Waals surface area contributed by atoms with Gasteiger partial charge in [0.2, 0.25) is 0 Å². The molecule has 0 bridgehead atoms. The fourth-order valence-corrected chi connectivity index (χ4v) is 6.19. The van der Waals surface area contributed by atoms with E-state index in [4.69, 9.17) is 14.7 Å². The fourth-order valence-electron chi connectivity index (χ4n) is 4.80. The molecule has 0 amide bonds. The van der Waals surface area contributed by atoms with Gasteiger partial charge < -0.3 is 14.4 Å². The number of morpholine rings is 1. The SMILES string of the molecule is C[C@@H]1CCc2c(sc3nc(CN4CCOCC4)nc(N(C)Cc4ccc(OC(F)F)cc4)c23)C1. The molecule has 3 aromatic rings. The van der Waals surface area contributed by atoms with Crippen molar-refractivity contribution in [1.82, 2.24) is 14.9 Å². The molecule has 2 aromatic heterocycles. The minimum Gasteiger partial charge on any atom is -0.435 e. The molecule has 5 rings (SSSR count). The Labute approximate surface area is 202 Å². The van der Waals surface area contributed by atoms with E-state index in [1.165, 1.54) is 22.2 Å². The highest BCUT2D eigenvalue weighted by Crippen LogP contribution is 2.41. The molecule has 1 aliphatic carbocycles. The molecule has 1 aromatic carbocycles. The zero-order chi connectivity index (χ0) is 23.7. The van der Waals surface area contributed by atoms with E-state index in [1.807, 2.05) is 30.5 Å². The lowest BCUT2D eigenvalue weighted by molar-refractivity contribution is -0.0498. The van der Waals surface area contributed by atoms with Gasteiger partial charge in [0.25, 0.3) is 0 Å². The van der Waals surface area contributed by atoms with Gasteiger partial charge in [-0.05, 0) is 48.4 Å². The van der Waals surface area contributed by atoms with Crippen LogP contribution in [0.3, 0.4) is 0 Å². The molecule has 0 N–H and O–H groups in total. The number of nitrogens with zero attached hydrogens (tertiary/aromatic N) is 4. The lowest BCUT2D eigenvalue weighted by Crippen LogP contribution is -2.36. The number of aromatic nitrogens is 2. The average Bonchev–Trinajstić information content (AvgIpc) is 3.17. The van der Waals surface area contributed by atoms with Crippen LogP contribution in [0.1, 0.15) is 35.2 Å². The molecule has 6 nitrogen and oxygen atoms in total. The highest BCUT2D eigenvalue weighted by Gasteiger charge is 2.26. The van der Waals surface area contributed by atoms with Crippen molar-refractivity contribution < 1.29 is 18.3 Å². The predicted molar refractivity (Wildman–Crippen MR) is 130 cm³/mol. The van der Waals surface area contributed by atoms with E-state index < -0.39 is 6.61 Å². The third-order valence-electron chi connectivity index (χ3n) is 6.58. The lowest BCUT2D eigenvalue weighted by Gasteiger charge is -2.27. The summed E-state index contributed by atoms with van der Waals surface area (Å²) in [5, 5.41) is 1.18. The van der Waals surface area contributed by atoms with E-state index in [1.54, 1.807) is 12.1 Å². The second kappa shape index (κ2) is 10.1. The van der Waals surface area contributed by atoms with Crippen molar-refractivity contribution in [1.29, 1.82) is 0 Å². The van der Waals surface area contributed by atoms with Crippen molar-refractivity contribution in [2.45, 2.75) is 45.9 Å². The third-order valence-corrected chi connectivity index (χ3v) is 7.73. The second-order valence-corrected chi connectivity index (χ2v) is 10.3. The largest absolute Gasteiger partial charge is 0.435 e. The smallest absolute Gasteiger partial charge is 0.387 e. The number of alkyl halides is 2. The molecular formula is C25H30F2N4O2S. The third kappa shape index (κ3) is 5.16. The summed E-state index contributed by atoms with van der Waals surface area (Å²) in [6.07, 6.45) is 3.34. The van der Waals surface area contributed by atoms with Gasteiger partial charge in [-0.2, -0.15) is 8.78 Å². The van der Waals surface area contributed by atoms with Crippen molar-refractivity contribution >= 4 is 27.4 Å². The van der Waals surface area contributed by atoms with Crippen molar-refractivity contribution in [3.8, 4) is 5.75 Å². The fraction of sp³-hybridized carbons (Fsp3) is 0.520. The molecule has 3 heterocycles. The Bertz CT molecular complexity index is 1130. The monoisotopic (exact) mass is 488 g/mol. The number of halogens is 2. The summed E-state index contributed by atoms with van der Waals surface area (Å²) >= 11 is 1.82. The molecule has 34 heavy (non-hydrogen) atoms. The summed E-state index contributed by atoms with van der Waals surface area (Å²) in [5.74, 6) is 2.65. The van der Waals surface area contributed by atoms with Crippen LogP contribution in [-0.4, -0.2) is 54.8 Å². The van der Waals surface area contributed by atoms with Crippen LogP contribution >= 0.6 is 11.3 Å². The van der Waals surface area contributed by atoms with Crippen molar-refractivity contribution in [3.05, 3.63) is 46.1 Å². The summed E-state index contributed by atoms with van der Waals surface area (Å²) in [6, 6.07) is 6.82. The minimum absolute atomic E-state index is 0.166. The Morgan fingerprint density at radius 1 is 1.21 bits per heavy atom. The molecule has 182 valence electrons. The first-order valence-electron chi connectivity index (χ1n) is 11.8. The Kier molecular flexibility index (Phi) is 6.94.